The van der Waals surface area contributed by atoms with Gasteiger partial charge < -0.3 is 11.1 Å². The standard InChI is InChI=1S/C18H22N2O/c1-12-13(8-7-10-15(12)19)17(21)20-16-11-6-5-9-14(16)18(2,3)4/h5-11H,19H2,1-4H3,(H,20,21). The highest BCUT2D eigenvalue weighted by molar-refractivity contribution is 6.06. The van der Waals surface area contributed by atoms with Gasteiger partial charge in [0.05, 0.1) is 0 Å². The van der Waals surface area contributed by atoms with Crippen molar-refractivity contribution in [3.63, 3.8) is 0 Å². The van der Waals surface area contributed by atoms with Crippen LogP contribution in [0.4, 0.5) is 11.4 Å². The summed E-state index contributed by atoms with van der Waals surface area (Å²) in [4.78, 5) is 12.5. The summed E-state index contributed by atoms with van der Waals surface area (Å²) in [6.07, 6.45) is 0. The van der Waals surface area contributed by atoms with Crippen LogP contribution in [0.1, 0.15) is 42.3 Å². The fourth-order valence-electron chi connectivity index (χ4n) is 2.34. The Morgan fingerprint density at radius 2 is 1.71 bits per heavy atom. The normalized spacial score (nSPS) is 11.2. The quantitative estimate of drug-likeness (QED) is 0.814. The summed E-state index contributed by atoms with van der Waals surface area (Å²) < 4.78 is 0. The molecule has 3 nitrogen and oxygen atoms in total. The molecule has 0 aliphatic heterocycles. The van der Waals surface area contributed by atoms with Crippen molar-refractivity contribution < 1.29 is 4.79 Å². The molecular formula is C18H22N2O. The second-order valence-corrected chi connectivity index (χ2v) is 6.27. The average molecular weight is 282 g/mol. The molecule has 3 N–H and O–H groups in total. The fourth-order valence-corrected chi connectivity index (χ4v) is 2.34. The van der Waals surface area contributed by atoms with Gasteiger partial charge in [-0.15, -0.1) is 0 Å². The molecule has 0 radical (unpaired) electrons. The first kappa shape index (κ1) is 15.1. The Bertz CT molecular complexity index is 669. The van der Waals surface area contributed by atoms with Crippen molar-refractivity contribution in [2.24, 2.45) is 0 Å². The molecule has 2 aromatic rings. The highest BCUT2D eigenvalue weighted by atomic mass is 16.1. The minimum Gasteiger partial charge on any atom is -0.398 e. The predicted octanol–water partition coefficient (Wildman–Crippen LogP) is 4.13. The topological polar surface area (TPSA) is 55.1 Å². The lowest BCUT2D eigenvalue weighted by molar-refractivity contribution is 0.102. The third-order valence-electron chi connectivity index (χ3n) is 3.60. The van der Waals surface area contributed by atoms with E-state index < -0.39 is 0 Å². The number of benzene rings is 2. The highest BCUT2D eigenvalue weighted by Crippen LogP contribution is 2.29. The van der Waals surface area contributed by atoms with E-state index in [1.54, 1.807) is 18.2 Å². The van der Waals surface area contributed by atoms with Gasteiger partial charge in [-0.1, -0.05) is 45.0 Å². The molecule has 0 bridgehead atoms. The number of anilines is 2. The number of carbonyl (C=O) groups is 1. The summed E-state index contributed by atoms with van der Waals surface area (Å²) >= 11 is 0. The first-order chi connectivity index (χ1) is 9.80. The van der Waals surface area contributed by atoms with Crippen molar-refractivity contribution in [2.45, 2.75) is 33.1 Å². The zero-order chi connectivity index (χ0) is 15.6. The molecule has 0 heterocycles. The Balaban J connectivity index is 2.35. The van der Waals surface area contributed by atoms with Crippen LogP contribution in [0, 0.1) is 6.92 Å². The lowest BCUT2D eigenvalue weighted by Crippen LogP contribution is -2.19. The minimum atomic E-state index is -0.128. The molecule has 2 rings (SSSR count). The van der Waals surface area contributed by atoms with Crippen molar-refractivity contribution in [2.75, 3.05) is 11.1 Å². The zero-order valence-electron chi connectivity index (χ0n) is 13.0. The first-order valence-corrected chi connectivity index (χ1v) is 7.06. The third kappa shape index (κ3) is 3.24. The molecule has 3 heteroatoms. The van der Waals surface area contributed by atoms with E-state index in [-0.39, 0.29) is 11.3 Å². The summed E-state index contributed by atoms with van der Waals surface area (Å²) in [5.41, 5.74) is 9.84. The van der Waals surface area contributed by atoms with Gasteiger partial charge >= 0.3 is 0 Å². The average Bonchev–Trinajstić information content (AvgIpc) is 2.41. The molecular weight excluding hydrogens is 260 g/mol. The maximum atomic E-state index is 12.5. The predicted molar refractivity (Wildman–Crippen MR) is 88.7 cm³/mol. The van der Waals surface area contributed by atoms with Gasteiger partial charge in [-0.05, 0) is 41.7 Å². The summed E-state index contributed by atoms with van der Waals surface area (Å²) in [5, 5.41) is 3.01. The van der Waals surface area contributed by atoms with Crippen molar-refractivity contribution in [3.05, 3.63) is 59.2 Å². The molecule has 0 aliphatic rings. The summed E-state index contributed by atoms with van der Waals surface area (Å²) in [5.74, 6) is -0.128. The van der Waals surface area contributed by atoms with Crippen LogP contribution in [-0.4, -0.2) is 5.91 Å². The molecule has 0 fully saturated rings. The Kier molecular flexibility index (Phi) is 4.03. The number of nitrogens with one attached hydrogen (secondary N) is 1. The molecule has 21 heavy (non-hydrogen) atoms. The van der Waals surface area contributed by atoms with Crippen LogP contribution in [0.25, 0.3) is 0 Å². The summed E-state index contributed by atoms with van der Waals surface area (Å²) in [7, 11) is 0. The number of hydrogen-bond acceptors (Lipinski definition) is 2. The smallest absolute Gasteiger partial charge is 0.256 e. The van der Waals surface area contributed by atoms with E-state index in [2.05, 4.69) is 26.1 Å². The van der Waals surface area contributed by atoms with Gasteiger partial charge in [0.2, 0.25) is 0 Å². The summed E-state index contributed by atoms with van der Waals surface area (Å²) in [6, 6.07) is 13.3. The number of para-hydroxylation sites is 1. The highest BCUT2D eigenvalue weighted by Gasteiger charge is 2.19. The van der Waals surface area contributed by atoms with Gasteiger partial charge in [0, 0.05) is 16.9 Å². The molecule has 1 amide bonds. The van der Waals surface area contributed by atoms with E-state index in [4.69, 9.17) is 5.73 Å². The van der Waals surface area contributed by atoms with E-state index in [9.17, 15) is 4.79 Å². The SMILES string of the molecule is Cc1c(N)cccc1C(=O)Nc1ccccc1C(C)(C)C. The second-order valence-electron chi connectivity index (χ2n) is 6.27. The summed E-state index contributed by atoms with van der Waals surface area (Å²) in [6.45, 7) is 8.25. The zero-order valence-corrected chi connectivity index (χ0v) is 13.0. The number of carbonyl (C=O) groups excluding carboxylic acids is 1. The van der Waals surface area contributed by atoms with E-state index >= 15 is 0 Å². The number of hydrogen-bond donors (Lipinski definition) is 2. The maximum Gasteiger partial charge on any atom is 0.256 e. The molecule has 2 aromatic carbocycles. The number of nitrogen functional groups attached to an aromatic ring is 1. The maximum absolute atomic E-state index is 12.5. The van der Waals surface area contributed by atoms with Gasteiger partial charge in [0.25, 0.3) is 5.91 Å². The van der Waals surface area contributed by atoms with Crippen molar-refractivity contribution in [1.29, 1.82) is 0 Å². The minimum absolute atomic E-state index is 0.0331. The molecule has 0 saturated carbocycles. The first-order valence-electron chi connectivity index (χ1n) is 7.06. The van der Waals surface area contributed by atoms with Crippen LogP contribution in [0.5, 0.6) is 0 Å². The Hall–Kier alpha value is -2.29. The van der Waals surface area contributed by atoms with E-state index in [0.29, 0.717) is 11.3 Å². The fraction of sp³-hybridized carbons (Fsp3) is 0.278. The monoisotopic (exact) mass is 282 g/mol. The molecule has 0 atom stereocenters. The second kappa shape index (κ2) is 5.60. The number of rotatable bonds is 2. The van der Waals surface area contributed by atoms with Gasteiger partial charge in [-0.25, -0.2) is 0 Å². The van der Waals surface area contributed by atoms with E-state index in [1.807, 2.05) is 31.2 Å². The van der Waals surface area contributed by atoms with Gasteiger partial charge in [-0.3, -0.25) is 4.79 Å². The van der Waals surface area contributed by atoms with Crippen LogP contribution in [0.15, 0.2) is 42.5 Å². The van der Waals surface area contributed by atoms with Crippen molar-refractivity contribution in [1.82, 2.24) is 0 Å². The molecule has 0 saturated heterocycles. The molecule has 0 aliphatic carbocycles. The molecule has 0 spiro atoms. The number of amides is 1. The van der Waals surface area contributed by atoms with Crippen LogP contribution in [0.2, 0.25) is 0 Å². The van der Waals surface area contributed by atoms with E-state index in [1.165, 1.54) is 0 Å². The molecule has 0 aromatic heterocycles. The van der Waals surface area contributed by atoms with Crippen LogP contribution < -0.4 is 11.1 Å². The van der Waals surface area contributed by atoms with E-state index in [0.717, 1.165) is 16.8 Å². The Morgan fingerprint density at radius 3 is 2.38 bits per heavy atom. The largest absolute Gasteiger partial charge is 0.398 e. The Labute approximate surface area is 126 Å². The van der Waals surface area contributed by atoms with Gasteiger partial charge in [0.1, 0.15) is 0 Å². The van der Waals surface area contributed by atoms with Gasteiger partial charge in [-0.2, -0.15) is 0 Å². The van der Waals surface area contributed by atoms with Crippen LogP contribution in [0.3, 0.4) is 0 Å². The third-order valence-corrected chi connectivity index (χ3v) is 3.60. The number of nitrogens with two attached hydrogens (primary N) is 1. The van der Waals surface area contributed by atoms with Gasteiger partial charge in [0.15, 0.2) is 0 Å². The lowest BCUT2D eigenvalue weighted by atomic mass is 9.86. The van der Waals surface area contributed by atoms with Crippen molar-refractivity contribution >= 4 is 17.3 Å². The Morgan fingerprint density at radius 1 is 1.05 bits per heavy atom. The lowest BCUT2D eigenvalue weighted by Gasteiger charge is -2.23. The van der Waals surface area contributed by atoms with Crippen molar-refractivity contribution in [3.8, 4) is 0 Å². The van der Waals surface area contributed by atoms with Crippen LogP contribution >= 0.6 is 0 Å². The molecule has 0 unspecified atom stereocenters. The van der Waals surface area contributed by atoms with Crippen LogP contribution in [-0.2, 0) is 5.41 Å². The molecule has 110 valence electrons.